The molecule has 0 aromatic heterocycles. The van der Waals surface area contributed by atoms with E-state index in [1.807, 2.05) is 0 Å². The highest BCUT2D eigenvalue weighted by Crippen LogP contribution is 2.28. The smallest absolute Gasteiger partial charge is 0.223 e. The van der Waals surface area contributed by atoms with E-state index in [0.29, 0.717) is 19.0 Å². The molecule has 2 aliphatic rings. The first-order chi connectivity index (χ1) is 14.1. The van der Waals surface area contributed by atoms with E-state index in [1.165, 1.54) is 24.0 Å². The van der Waals surface area contributed by atoms with E-state index in [-0.39, 0.29) is 11.8 Å². The van der Waals surface area contributed by atoms with Crippen LogP contribution in [0.1, 0.15) is 43.7 Å². The van der Waals surface area contributed by atoms with Crippen LogP contribution in [0.2, 0.25) is 0 Å². The van der Waals surface area contributed by atoms with Gasteiger partial charge in [0.1, 0.15) is 0 Å². The van der Waals surface area contributed by atoms with Crippen LogP contribution in [0.25, 0.3) is 0 Å². The van der Waals surface area contributed by atoms with Gasteiger partial charge < -0.3 is 16.0 Å². The molecule has 3 N–H and O–H groups in total. The Kier molecular flexibility index (Phi) is 8.35. The third-order valence-electron chi connectivity index (χ3n) is 5.75. The zero-order valence-corrected chi connectivity index (χ0v) is 18.0. The number of amides is 1. The van der Waals surface area contributed by atoms with Gasteiger partial charge in [-0.1, -0.05) is 29.8 Å². The number of nitrogens with zero attached hydrogens (tertiary/aromatic N) is 2. The molecule has 160 valence electrons. The average molecular weight is 400 g/mol. The summed E-state index contributed by atoms with van der Waals surface area (Å²) in [5, 5.41) is 9.63. The van der Waals surface area contributed by atoms with Gasteiger partial charge in [0.05, 0.1) is 0 Å². The van der Waals surface area contributed by atoms with Crippen molar-refractivity contribution >= 4 is 11.9 Å². The number of aliphatic imine (C=N–C) groups is 1. The van der Waals surface area contributed by atoms with Gasteiger partial charge in [0.15, 0.2) is 5.96 Å². The molecule has 2 fully saturated rings. The van der Waals surface area contributed by atoms with Gasteiger partial charge in [-0.25, -0.2) is 0 Å². The molecule has 6 heteroatoms. The van der Waals surface area contributed by atoms with Crippen molar-refractivity contribution in [1.82, 2.24) is 20.9 Å². The standard InChI is InChI=1S/C23H37N5O/c1-3-24-23(26-13-12-25-22(29)21-8-9-21)27-16-19-10-14-28(15-11-19)17-20-6-4-18(2)5-7-20/h4-7,19,21H,3,8-17H2,1-2H3,(H,25,29)(H2,24,26,27). The van der Waals surface area contributed by atoms with Crippen molar-refractivity contribution in [3.63, 3.8) is 0 Å². The predicted octanol–water partition coefficient (Wildman–Crippen LogP) is 2.29. The molecule has 1 saturated carbocycles. The Balaban J connectivity index is 1.34. The number of guanidine groups is 1. The highest BCUT2D eigenvalue weighted by Gasteiger charge is 2.29. The summed E-state index contributed by atoms with van der Waals surface area (Å²) in [5.74, 6) is 1.98. The maximum Gasteiger partial charge on any atom is 0.223 e. The second-order valence-electron chi connectivity index (χ2n) is 8.42. The second kappa shape index (κ2) is 11.2. The van der Waals surface area contributed by atoms with E-state index >= 15 is 0 Å². The summed E-state index contributed by atoms with van der Waals surface area (Å²) in [5.41, 5.74) is 2.72. The summed E-state index contributed by atoms with van der Waals surface area (Å²) >= 11 is 0. The third-order valence-corrected chi connectivity index (χ3v) is 5.75. The maximum atomic E-state index is 11.7. The average Bonchev–Trinajstić information content (AvgIpc) is 3.57. The predicted molar refractivity (Wildman–Crippen MR) is 119 cm³/mol. The number of piperidine rings is 1. The molecule has 0 spiro atoms. The van der Waals surface area contributed by atoms with Crippen molar-refractivity contribution in [1.29, 1.82) is 0 Å². The van der Waals surface area contributed by atoms with Crippen LogP contribution in [-0.2, 0) is 11.3 Å². The molecule has 0 unspecified atom stereocenters. The molecule has 0 radical (unpaired) electrons. The van der Waals surface area contributed by atoms with Crippen LogP contribution in [0, 0.1) is 18.8 Å². The molecule has 1 saturated heterocycles. The Morgan fingerprint density at radius 1 is 1.03 bits per heavy atom. The van der Waals surface area contributed by atoms with E-state index < -0.39 is 0 Å². The summed E-state index contributed by atoms with van der Waals surface area (Å²) in [7, 11) is 0. The first kappa shape index (κ1) is 21.6. The molecular weight excluding hydrogens is 362 g/mol. The lowest BCUT2D eigenvalue weighted by Crippen LogP contribution is -2.42. The van der Waals surface area contributed by atoms with E-state index in [1.54, 1.807) is 0 Å². The molecule has 1 aromatic rings. The Bertz CT molecular complexity index is 660. The molecule has 3 rings (SSSR count). The molecule has 1 aliphatic carbocycles. The number of carbonyl (C=O) groups excluding carboxylic acids is 1. The topological polar surface area (TPSA) is 68.8 Å². The third kappa shape index (κ3) is 7.69. The molecule has 0 bridgehead atoms. The van der Waals surface area contributed by atoms with E-state index in [2.05, 4.69) is 59.0 Å². The van der Waals surface area contributed by atoms with Crippen molar-refractivity contribution in [2.24, 2.45) is 16.8 Å². The molecule has 6 nitrogen and oxygen atoms in total. The van der Waals surface area contributed by atoms with Crippen LogP contribution in [0.4, 0.5) is 0 Å². The molecule has 0 atom stereocenters. The SMILES string of the molecule is CCNC(=NCC1CCN(Cc2ccc(C)cc2)CC1)NCCNC(=O)C1CC1. The fourth-order valence-electron chi connectivity index (χ4n) is 3.70. The second-order valence-corrected chi connectivity index (χ2v) is 8.42. The summed E-state index contributed by atoms with van der Waals surface area (Å²) in [6.45, 7) is 10.6. The van der Waals surface area contributed by atoms with Crippen molar-refractivity contribution in [3.8, 4) is 0 Å². The molecular formula is C23H37N5O. The molecule has 1 aliphatic heterocycles. The zero-order chi connectivity index (χ0) is 20.5. The lowest BCUT2D eigenvalue weighted by Gasteiger charge is -2.31. The van der Waals surface area contributed by atoms with Gasteiger partial charge in [-0.05, 0) is 64.1 Å². The molecule has 1 aromatic carbocycles. The van der Waals surface area contributed by atoms with Gasteiger partial charge in [-0.2, -0.15) is 0 Å². The number of carbonyl (C=O) groups is 1. The maximum absolute atomic E-state index is 11.7. The van der Waals surface area contributed by atoms with Crippen LogP contribution in [0.3, 0.4) is 0 Å². The lowest BCUT2D eigenvalue weighted by molar-refractivity contribution is -0.122. The zero-order valence-electron chi connectivity index (χ0n) is 18.0. The van der Waals surface area contributed by atoms with Crippen molar-refractivity contribution in [2.75, 3.05) is 39.3 Å². The fraction of sp³-hybridized carbons (Fsp3) is 0.652. The van der Waals surface area contributed by atoms with E-state index in [9.17, 15) is 4.79 Å². The number of benzene rings is 1. The van der Waals surface area contributed by atoms with Crippen LogP contribution >= 0.6 is 0 Å². The Labute approximate surface area is 175 Å². The van der Waals surface area contributed by atoms with Crippen LogP contribution < -0.4 is 16.0 Å². The Morgan fingerprint density at radius 3 is 2.38 bits per heavy atom. The molecule has 1 heterocycles. The number of likely N-dealkylation sites (tertiary alicyclic amines) is 1. The van der Waals surface area contributed by atoms with Gasteiger partial charge in [0, 0.05) is 38.6 Å². The van der Waals surface area contributed by atoms with Gasteiger partial charge in [0.2, 0.25) is 5.91 Å². The quantitative estimate of drug-likeness (QED) is 0.339. The monoisotopic (exact) mass is 399 g/mol. The molecule has 1 amide bonds. The summed E-state index contributed by atoms with van der Waals surface area (Å²) in [6, 6.07) is 8.88. The highest BCUT2D eigenvalue weighted by molar-refractivity contribution is 5.81. The molecule has 29 heavy (non-hydrogen) atoms. The first-order valence-electron chi connectivity index (χ1n) is 11.2. The Morgan fingerprint density at radius 2 is 1.72 bits per heavy atom. The van der Waals surface area contributed by atoms with Crippen molar-refractivity contribution in [2.45, 2.75) is 46.1 Å². The number of aryl methyl sites for hydroxylation is 1. The normalized spacial score (nSPS) is 18.5. The van der Waals surface area contributed by atoms with Gasteiger partial charge in [-0.15, -0.1) is 0 Å². The minimum absolute atomic E-state index is 0.200. The summed E-state index contributed by atoms with van der Waals surface area (Å²) < 4.78 is 0. The Hall–Kier alpha value is -2.08. The van der Waals surface area contributed by atoms with Crippen molar-refractivity contribution in [3.05, 3.63) is 35.4 Å². The number of hydrogen-bond acceptors (Lipinski definition) is 3. The van der Waals surface area contributed by atoms with E-state index in [4.69, 9.17) is 4.99 Å². The van der Waals surface area contributed by atoms with E-state index in [0.717, 1.165) is 51.5 Å². The minimum atomic E-state index is 0.200. The minimum Gasteiger partial charge on any atom is -0.357 e. The van der Waals surface area contributed by atoms with Crippen LogP contribution in [0.15, 0.2) is 29.3 Å². The largest absolute Gasteiger partial charge is 0.357 e. The van der Waals surface area contributed by atoms with Gasteiger partial charge in [0.25, 0.3) is 0 Å². The number of hydrogen-bond donors (Lipinski definition) is 3. The number of rotatable bonds is 9. The van der Waals surface area contributed by atoms with Crippen LogP contribution in [0.5, 0.6) is 0 Å². The van der Waals surface area contributed by atoms with Gasteiger partial charge in [-0.3, -0.25) is 14.7 Å². The number of nitrogens with one attached hydrogen (secondary N) is 3. The van der Waals surface area contributed by atoms with Gasteiger partial charge >= 0.3 is 0 Å². The van der Waals surface area contributed by atoms with Crippen LogP contribution in [-0.4, -0.2) is 56.0 Å². The van der Waals surface area contributed by atoms with Crippen molar-refractivity contribution < 1.29 is 4.79 Å². The highest BCUT2D eigenvalue weighted by atomic mass is 16.2. The first-order valence-corrected chi connectivity index (χ1v) is 11.2. The lowest BCUT2D eigenvalue weighted by atomic mass is 9.96. The summed E-state index contributed by atoms with van der Waals surface area (Å²) in [6.07, 6.45) is 4.50. The fourth-order valence-corrected chi connectivity index (χ4v) is 3.70. The summed E-state index contributed by atoms with van der Waals surface area (Å²) in [4.78, 5) is 19.0.